The molecule has 1 unspecified atom stereocenters. The van der Waals surface area contributed by atoms with Crippen molar-refractivity contribution in [3.05, 3.63) is 135 Å². The van der Waals surface area contributed by atoms with E-state index in [4.69, 9.17) is 16.6 Å². The first kappa shape index (κ1) is 49.8. The maximum absolute atomic E-state index is 13.0. The van der Waals surface area contributed by atoms with E-state index in [1.165, 1.54) is 40.8 Å². The van der Waals surface area contributed by atoms with Crippen LogP contribution in [0.3, 0.4) is 0 Å². The average Bonchev–Trinajstić information content (AvgIpc) is 3.58. The third-order valence-corrected chi connectivity index (χ3v) is 9.66. The zero-order valence-electron chi connectivity index (χ0n) is 38.3. The van der Waals surface area contributed by atoms with Crippen molar-refractivity contribution in [2.45, 2.75) is 147 Å². The summed E-state index contributed by atoms with van der Waals surface area (Å²) in [6.07, 6.45) is 10.5. The lowest BCUT2D eigenvalue weighted by atomic mass is 10.1. The Morgan fingerprint density at radius 3 is 1.55 bits per heavy atom. The Bertz CT molecular complexity index is 1840. The summed E-state index contributed by atoms with van der Waals surface area (Å²) in [6.45, 7) is 35.6. The molecule has 5 aromatic rings. The molecule has 0 aromatic carbocycles. The van der Waals surface area contributed by atoms with Crippen LogP contribution >= 0.6 is 11.6 Å². The van der Waals surface area contributed by atoms with Crippen molar-refractivity contribution in [3.63, 3.8) is 0 Å². The van der Waals surface area contributed by atoms with Gasteiger partial charge in [0.15, 0.2) is 0 Å². The highest BCUT2D eigenvalue weighted by molar-refractivity contribution is 6.31. The van der Waals surface area contributed by atoms with E-state index in [2.05, 4.69) is 130 Å². The first-order valence-electron chi connectivity index (χ1n) is 20.9. The van der Waals surface area contributed by atoms with E-state index < -0.39 is 0 Å². The summed E-state index contributed by atoms with van der Waals surface area (Å²) >= 11 is 5.96. The normalized spacial score (nSPS) is 13.4. The molecule has 1 fully saturated rings. The average molecular weight is 813 g/mol. The van der Waals surface area contributed by atoms with Crippen LogP contribution in [0.25, 0.3) is 0 Å². The van der Waals surface area contributed by atoms with Gasteiger partial charge in [0.1, 0.15) is 17.5 Å². The van der Waals surface area contributed by atoms with E-state index in [9.17, 15) is 4.39 Å². The Morgan fingerprint density at radius 2 is 1.10 bits per heavy atom. The molecule has 316 valence electrons. The quantitative estimate of drug-likeness (QED) is 0.169. The van der Waals surface area contributed by atoms with Crippen LogP contribution in [0.1, 0.15) is 169 Å². The monoisotopic (exact) mass is 812 g/mol. The Hall–Kier alpha value is -4.30. The van der Waals surface area contributed by atoms with Crippen molar-refractivity contribution in [2.24, 2.45) is 5.92 Å². The molecule has 1 atom stereocenters. The van der Waals surface area contributed by atoms with Crippen LogP contribution < -0.4 is 4.90 Å². The lowest BCUT2D eigenvalue weighted by molar-refractivity contribution is 0.583. The first-order chi connectivity index (χ1) is 27.2. The van der Waals surface area contributed by atoms with Gasteiger partial charge in [-0.2, -0.15) is 0 Å². The number of pyridine rings is 4. The zero-order valence-corrected chi connectivity index (χ0v) is 39.1. The van der Waals surface area contributed by atoms with Crippen LogP contribution in [0.2, 0.25) is 5.02 Å². The smallest absolute Gasteiger partial charge is 0.145 e. The van der Waals surface area contributed by atoms with Crippen molar-refractivity contribution >= 4 is 17.4 Å². The van der Waals surface area contributed by atoms with Gasteiger partial charge in [-0.25, -0.2) is 19.3 Å². The number of hydrogen-bond acceptors (Lipinski definition) is 7. The summed E-state index contributed by atoms with van der Waals surface area (Å²) in [6, 6.07) is 12.0. The van der Waals surface area contributed by atoms with Crippen LogP contribution in [0.15, 0.2) is 67.4 Å². The minimum atomic E-state index is -0.194. The van der Waals surface area contributed by atoms with Crippen molar-refractivity contribution in [3.8, 4) is 0 Å². The fraction of sp³-hybridized carbons (Fsp3) is 0.510. The van der Waals surface area contributed by atoms with Crippen LogP contribution in [0, 0.1) is 46.4 Å². The zero-order chi connectivity index (χ0) is 43.7. The Kier molecular flexibility index (Phi) is 21.1. The van der Waals surface area contributed by atoms with Gasteiger partial charge in [0.25, 0.3) is 0 Å². The van der Waals surface area contributed by atoms with E-state index in [0.717, 1.165) is 52.2 Å². The molecule has 0 amide bonds. The molecule has 1 aliphatic rings. The minimum absolute atomic E-state index is 0.163. The fourth-order valence-corrected chi connectivity index (χ4v) is 6.20. The minimum Gasteiger partial charge on any atom is -0.356 e. The lowest BCUT2D eigenvalue weighted by Crippen LogP contribution is -2.21. The van der Waals surface area contributed by atoms with E-state index in [1.807, 2.05) is 65.5 Å². The molecule has 0 bridgehead atoms. The molecule has 0 aliphatic carbocycles. The van der Waals surface area contributed by atoms with Gasteiger partial charge in [0.05, 0.1) is 16.4 Å². The maximum atomic E-state index is 13.0. The van der Waals surface area contributed by atoms with Gasteiger partial charge in [0.2, 0.25) is 0 Å². The van der Waals surface area contributed by atoms with E-state index in [1.54, 1.807) is 6.20 Å². The van der Waals surface area contributed by atoms with Crippen molar-refractivity contribution in [2.75, 3.05) is 18.0 Å². The van der Waals surface area contributed by atoms with Crippen molar-refractivity contribution in [1.29, 1.82) is 0 Å². The van der Waals surface area contributed by atoms with Crippen LogP contribution in [0.4, 0.5) is 10.2 Å². The summed E-state index contributed by atoms with van der Waals surface area (Å²) in [5.74, 6) is 4.80. The molecular weight excluding hydrogens is 741 g/mol. The number of halogens is 2. The highest BCUT2D eigenvalue weighted by atomic mass is 35.5. The standard InChI is InChI=1S/C14H22N2.C9H12ClN.C9H12FN.C9H13N.C8H12N2/c1-10(2)13-6-5-12(4)14(15-13)16-8-7-11(3)9-16;2*1-6(2)9-8(10)4-7(3)5-11-9;1-7(2)9-5-4-8(3)6-10-9;1-6(2)8-9-4-7(3)5-10-8/h5-6,10-11H,7-9H2,1-4H3;2*4-6H,1-3H3;4-7H,1-3H3;4-6H,1-3H3. The van der Waals surface area contributed by atoms with Gasteiger partial charge in [0, 0.05) is 61.4 Å². The Balaban J connectivity index is 0.000000254. The summed E-state index contributed by atoms with van der Waals surface area (Å²) in [7, 11) is 0. The van der Waals surface area contributed by atoms with E-state index >= 15 is 0 Å². The number of aryl methyl sites for hydroxylation is 5. The second-order valence-corrected chi connectivity index (χ2v) is 17.5. The van der Waals surface area contributed by atoms with Gasteiger partial charge in [-0.3, -0.25) is 15.0 Å². The first-order valence-corrected chi connectivity index (χ1v) is 21.2. The third-order valence-electron chi connectivity index (χ3n) is 9.36. The molecule has 58 heavy (non-hydrogen) atoms. The highest BCUT2D eigenvalue weighted by Gasteiger charge is 2.21. The van der Waals surface area contributed by atoms with Crippen LogP contribution in [0.5, 0.6) is 0 Å². The molecule has 1 aliphatic heterocycles. The SMILES string of the molecule is Cc1ccc(C(C)C)nc1.Cc1ccc(C(C)C)nc1N1CCC(C)C1.Cc1cnc(C(C)C)c(Cl)c1.Cc1cnc(C(C)C)c(F)c1.Cc1cnc(C(C)C)nc1. The molecule has 5 aromatic heterocycles. The predicted octanol–water partition coefficient (Wildman–Crippen LogP) is 13.6. The summed E-state index contributed by atoms with van der Waals surface area (Å²) in [5.41, 5.74) is 9.54. The molecular formula is C49H71ClFN7. The van der Waals surface area contributed by atoms with Gasteiger partial charge < -0.3 is 4.90 Å². The van der Waals surface area contributed by atoms with E-state index in [-0.39, 0.29) is 11.7 Å². The molecule has 0 radical (unpaired) electrons. The number of aromatic nitrogens is 6. The van der Waals surface area contributed by atoms with E-state index in [0.29, 0.717) is 29.4 Å². The largest absolute Gasteiger partial charge is 0.356 e. The van der Waals surface area contributed by atoms with Crippen molar-refractivity contribution in [1.82, 2.24) is 29.9 Å². The predicted molar refractivity (Wildman–Crippen MR) is 244 cm³/mol. The molecule has 0 N–H and O–H groups in total. The Morgan fingerprint density at radius 1 is 0.586 bits per heavy atom. The number of anilines is 1. The van der Waals surface area contributed by atoms with Gasteiger partial charge in [-0.05, 0) is 123 Å². The topological polar surface area (TPSA) is 80.6 Å². The molecule has 6 rings (SSSR count). The van der Waals surface area contributed by atoms with Gasteiger partial charge >= 0.3 is 0 Å². The molecule has 9 heteroatoms. The van der Waals surface area contributed by atoms with Crippen molar-refractivity contribution < 1.29 is 4.39 Å². The summed E-state index contributed by atoms with van der Waals surface area (Å²) in [5, 5.41) is 0.778. The Labute approximate surface area is 355 Å². The number of nitrogens with zero attached hydrogens (tertiary/aromatic N) is 7. The molecule has 7 nitrogen and oxygen atoms in total. The van der Waals surface area contributed by atoms with Crippen LogP contribution in [-0.4, -0.2) is 43.0 Å². The number of rotatable bonds is 6. The lowest BCUT2D eigenvalue weighted by Gasteiger charge is -2.20. The maximum Gasteiger partial charge on any atom is 0.145 e. The second-order valence-electron chi connectivity index (χ2n) is 17.1. The molecule has 0 saturated carbocycles. The summed E-state index contributed by atoms with van der Waals surface area (Å²) in [4.78, 5) is 28.1. The summed E-state index contributed by atoms with van der Waals surface area (Å²) < 4.78 is 13.0. The fourth-order valence-electron chi connectivity index (χ4n) is 5.76. The third kappa shape index (κ3) is 17.3. The van der Waals surface area contributed by atoms with Crippen LogP contribution in [-0.2, 0) is 0 Å². The van der Waals surface area contributed by atoms with Gasteiger partial charge in [-0.1, -0.05) is 99.9 Å². The second kappa shape index (κ2) is 24.6. The highest BCUT2D eigenvalue weighted by Crippen LogP contribution is 2.27. The molecule has 6 heterocycles. The number of hydrogen-bond donors (Lipinski definition) is 0. The molecule has 1 saturated heterocycles. The molecule has 0 spiro atoms. The van der Waals surface area contributed by atoms with Gasteiger partial charge in [-0.15, -0.1) is 0 Å².